The monoisotopic (exact) mass is 297 g/mol. The van der Waals surface area contributed by atoms with Gasteiger partial charge in [-0.3, -0.25) is 0 Å². The Hall–Kier alpha value is -2.75. The first-order chi connectivity index (χ1) is 10.6. The van der Waals surface area contributed by atoms with E-state index in [9.17, 15) is 4.79 Å². The molecule has 0 atom stereocenters. The van der Waals surface area contributed by atoms with Crippen LogP contribution < -0.4 is 5.32 Å². The van der Waals surface area contributed by atoms with E-state index in [0.29, 0.717) is 6.61 Å². The van der Waals surface area contributed by atoms with Crippen LogP contribution in [0.1, 0.15) is 12.5 Å². The molecule has 0 heterocycles. The van der Waals surface area contributed by atoms with E-state index in [1.807, 2.05) is 49.5 Å². The lowest BCUT2D eigenvalue weighted by atomic mass is 10.0. The van der Waals surface area contributed by atoms with Crippen molar-refractivity contribution in [2.24, 2.45) is 0 Å². The van der Waals surface area contributed by atoms with Gasteiger partial charge in [-0.05, 0) is 41.8 Å². The zero-order chi connectivity index (χ0) is 15.9. The summed E-state index contributed by atoms with van der Waals surface area (Å²) in [5, 5.41) is 12.2. The molecule has 0 saturated heterocycles. The number of rotatable bonds is 6. The van der Waals surface area contributed by atoms with Crippen LogP contribution in [0.25, 0.3) is 17.2 Å². The summed E-state index contributed by atoms with van der Waals surface area (Å²) < 4.78 is 5.11. The normalized spacial score (nSPS) is 11.1. The van der Waals surface area contributed by atoms with Gasteiger partial charge in [0.1, 0.15) is 0 Å². The molecule has 0 radical (unpaired) electrons. The number of benzene rings is 2. The van der Waals surface area contributed by atoms with Crippen LogP contribution in [0, 0.1) is 0 Å². The van der Waals surface area contributed by atoms with Gasteiger partial charge >= 0.3 is 5.97 Å². The molecular weight excluding hydrogens is 278 g/mol. The Morgan fingerprint density at radius 3 is 2.50 bits per heavy atom. The highest BCUT2D eigenvalue weighted by molar-refractivity contribution is 5.90. The average molecular weight is 297 g/mol. The van der Waals surface area contributed by atoms with Crippen molar-refractivity contribution < 1.29 is 14.6 Å². The highest BCUT2D eigenvalue weighted by Crippen LogP contribution is 2.23. The van der Waals surface area contributed by atoms with Gasteiger partial charge in [0.25, 0.3) is 0 Å². The molecule has 0 aliphatic rings. The number of carboxylic acid groups (broad SMARTS) is 1. The van der Waals surface area contributed by atoms with Crippen molar-refractivity contribution in [1.29, 1.82) is 0 Å². The minimum Gasteiger partial charge on any atom is -0.487 e. The molecule has 0 saturated carbocycles. The first-order valence-electron chi connectivity index (χ1n) is 7.10. The summed E-state index contributed by atoms with van der Waals surface area (Å²) >= 11 is 0. The second-order valence-electron chi connectivity index (χ2n) is 4.70. The Balaban J connectivity index is 2.26. The molecule has 2 aromatic rings. The molecule has 2 N–H and O–H groups in total. The van der Waals surface area contributed by atoms with Gasteiger partial charge in [0.2, 0.25) is 5.76 Å². The first-order valence-corrected chi connectivity index (χ1v) is 7.10. The Morgan fingerprint density at radius 2 is 1.91 bits per heavy atom. The van der Waals surface area contributed by atoms with Gasteiger partial charge in [-0.15, -0.1) is 0 Å². The maximum atomic E-state index is 11.1. The summed E-state index contributed by atoms with van der Waals surface area (Å²) in [5.74, 6) is -1.11. The fourth-order valence-electron chi connectivity index (χ4n) is 2.10. The van der Waals surface area contributed by atoms with Crippen molar-refractivity contribution >= 4 is 17.7 Å². The summed E-state index contributed by atoms with van der Waals surface area (Å²) in [7, 11) is 1.88. The lowest BCUT2D eigenvalue weighted by molar-refractivity contribution is -0.136. The van der Waals surface area contributed by atoms with E-state index < -0.39 is 5.97 Å². The van der Waals surface area contributed by atoms with Crippen LogP contribution in [0.2, 0.25) is 0 Å². The summed E-state index contributed by atoms with van der Waals surface area (Å²) in [4.78, 5) is 11.1. The number of hydrogen-bond acceptors (Lipinski definition) is 3. The molecule has 2 rings (SSSR count). The van der Waals surface area contributed by atoms with Crippen molar-refractivity contribution in [1.82, 2.24) is 0 Å². The van der Waals surface area contributed by atoms with E-state index in [2.05, 4.69) is 11.4 Å². The molecule has 0 amide bonds. The van der Waals surface area contributed by atoms with Crippen LogP contribution >= 0.6 is 0 Å². The lowest BCUT2D eigenvalue weighted by Crippen LogP contribution is -2.04. The van der Waals surface area contributed by atoms with Crippen LogP contribution in [0.3, 0.4) is 0 Å². The predicted octanol–water partition coefficient (Wildman–Crippen LogP) is 3.86. The zero-order valence-electron chi connectivity index (χ0n) is 12.7. The standard InChI is InChI=1S/C18H19NO3/c1-3-22-17(18(20)21)11-13-7-9-14(10-8-13)15-5-4-6-16(12-15)19-2/h4-12,19H,3H2,1-2H3,(H,20,21)/b17-11-. The molecule has 22 heavy (non-hydrogen) atoms. The van der Waals surface area contributed by atoms with Crippen LogP contribution in [-0.4, -0.2) is 24.7 Å². The molecule has 0 spiro atoms. The van der Waals surface area contributed by atoms with Gasteiger partial charge in [-0.1, -0.05) is 36.4 Å². The molecular formula is C18H19NO3. The number of aliphatic carboxylic acids is 1. The second-order valence-corrected chi connectivity index (χ2v) is 4.70. The van der Waals surface area contributed by atoms with Gasteiger partial charge in [-0.2, -0.15) is 0 Å². The average Bonchev–Trinajstić information content (AvgIpc) is 2.55. The van der Waals surface area contributed by atoms with Gasteiger partial charge in [0.15, 0.2) is 0 Å². The minimum absolute atomic E-state index is 0.0487. The molecule has 0 aliphatic carbocycles. The fourth-order valence-corrected chi connectivity index (χ4v) is 2.10. The van der Waals surface area contributed by atoms with Gasteiger partial charge in [0, 0.05) is 12.7 Å². The van der Waals surface area contributed by atoms with Crippen LogP contribution in [0.15, 0.2) is 54.3 Å². The van der Waals surface area contributed by atoms with Crippen LogP contribution in [0.4, 0.5) is 5.69 Å². The number of ether oxygens (including phenoxy) is 1. The number of anilines is 1. The highest BCUT2D eigenvalue weighted by atomic mass is 16.5. The zero-order valence-corrected chi connectivity index (χ0v) is 12.7. The van der Waals surface area contributed by atoms with E-state index >= 15 is 0 Å². The quantitative estimate of drug-likeness (QED) is 0.628. The largest absolute Gasteiger partial charge is 0.487 e. The summed E-state index contributed by atoms with van der Waals surface area (Å²) in [6, 6.07) is 15.8. The Labute approximate surface area is 130 Å². The summed E-state index contributed by atoms with van der Waals surface area (Å²) in [6.07, 6.45) is 1.53. The number of carbonyl (C=O) groups is 1. The molecule has 0 bridgehead atoms. The van der Waals surface area contributed by atoms with Gasteiger partial charge in [-0.25, -0.2) is 4.79 Å². The van der Waals surface area contributed by atoms with Crippen molar-refractivity contribution in [3.05, 3.63) is 59.9 Å². The third-order valence-electron chi connectivity index (χ3n) is 3.20. The maximum absolute atomic E-state index is 11.1. The summed E-state index contributed by atoms with van der Waals surface area (Å²) in [6.45, 7) is 2.08. The Morgan fingerprint density at radius 1 is 1.18 bits per heavy atom. The second kappa shape index (κ2) is 7.31. The third kappa shape index (κ3) is 3.88. The predicted molar refractivity (Wildman–Crippen MR) is 88.7 cm³/mol. The molecule has 4 nitrogen and oxygen atoms in total. The molecule has 114 valence electrons. The minimum atomic E-state index is -1.06. The number of nitrogens with one attached hydrogen (secondary N) is 1. The Bertz CT molecular complexity index is 675. The molecule has 0 unspecified atom stereocenters. The fraction of sp³-hybridized carbons (Fsp3) is 0.167. The van der Waals surface area contributed by atoms with Crippen molar-refractivity contribution in [2.75, 3.05) is 19.0 Å². The first kappa shape index (κ1) is 15.6. The van der Waals surface area contributed by atoms with Gasteiger partial charge in [0.05, 0.1) is 6.61 Å². The van der Waals surface area contributed by atoms with E-state index in [1.54, 1.807) is 6.92 Å². The van der Waals surface area contributed by atoms with E-state index in [1.165, 1.54) is 6.08 Å². The lowest BCUT2D eigenvalue weighted by Gasteiger charge is -2.06. The van der Waals surface area contributed by atoms with Crippen LogP contribution in [0.5, 0.6) is 0 Å². The van der Waals surface area contributed by atoms with Crippen molar-refractivity contribution in [3.63, 3.8) is 0 Å². The van der Waals surface area contributed by atoms with Crippen LogP contribution in [-0.2, 0) is 9.53 Å². The molecule has 4 heteroatoms. The number of hydrogen-bond donors (Lipinski definition) is 2. The molecule has 0 aromatic heterocycles. The molecule has 2 aromatic carbocycles. The number of carboxylic acids is 1. The topological polar surface area (TPSA) is 58.6 Å². The van der Waals surface area contributed by atoms with E-state index in [-0.39, 0.29) is 5.76 Å². The summed E-state index contributed by atoms with van der Waals surface area (Å²) in [5.41, 5.74) is 4.01. The van der Waals surface area contributed by atoms with E-state index in [0.717, 1.165) is 22.4 Å². The SMILES string of the molecule is CCO/C(=C\c1ccc(-c2cccc(NC)c2)cc1)C(=O)O. The molecule has 0 fully saturated rings. The van der Waals surface area contributed by atoms with E-state index in [4.69, 9.17) is 9.84 Å². The van der Waals surface area contributed by atoms with Crippen molar-refractivity contribution in [2.45, 2.75) is 6.92 Å². The third-order valence-corrected chi connectivity index (χ3v) is 3.20. The van der Waals surface area contributed by atoms with Crippen molar-refractivity contribution in [3.8, 4) is 11.1 Å². The maximum Gasteiger partial charge on any atom is 0.371 e. The molecule has 0 aliphatic heterocycles. The van der Waals surface area contributed by atoms with Gasteiger partial charge < -0.3 is 15.2 Å². The smallest absolute Gasteiger partial charge is 0.371 e. The highest BCUT2D eigenvalue weighted by Gasteiger charge is 2.07. The Kier molecular flexibility index (Phi) is 5.20.